The molecular weight excluding hydrogens is 1580 g/mol. The van der Waals surface area contributed by atoms with Crippen LogP contribution in [0.25, 0.3) is 111 Å². The van der Waals surface area contributed by atoms with Gasteiger partial charge in [0.05, 0.1) is 27.1 Å². The van der Waals surface area contributed by atoms with Gasteiger partial charge < -0.3 is 25.5 Å². The standard InChI is InChI=1S/C115H75ClO10/c116-115-108-106-107-109(115)113(79-42-32-74(33-43-79)69-22-7-64(8-23-69)14-59-94(123)124)101-86-51-49-84-82-47-46-81-83-48-50-85-87-52-54-89-90-55-53-88(86)103(113)105(90)114(115,80-44-34-75(35-45-80)70-24-9-65(10-25-70)15-60-95(125)126)104(89)102(87)112(108,78-40-30-73(31-41-78)68-20-5-63(6-21-68)13-58-93(121)122)100(85)98(83)110(106,76-36-26-71(27-37-76)66-16-1-61(2-17-66)11-56-91(117)118)96(81)97(82)111(107,99(84)101)77-38-28-72(29-39-77)67-18-3-62(4-19-67)12-57-92(119)120/h1-10,16-55H,11-15,56-60H2,(H,117,118)(H,119,120)(H,121,122)(H,123,124)(H,125,126)/t110-,111+,112-,113+,114-,115-. The normalized spacial score (nSPS) is 21.0. The van der Waals surface area contributed by atoms with E-state index < -0.39 is 61.8 Å². The molecular formula is C115H75ClO10. The van der Waals surface area contributed by atoms with E-state index in [1.165, 1.54) is 89.0 Å². The molecule has 11 aliphatic carbocycles. The van der Waals surface area contributed by atoms with Crippen LogP contribution < -0.4 is 0 Å². The minimum atomic E-state index is -1.54. The Hall–Kier alpha value is -14.6. The van der Waals surface area contributed by atoms with Gasteiger partial charge in [-0.3, -0.25) is 24.0 Å². The third-order valence-corrected chi connectivity index (χ3v) is 31.5. The van der Waals surface area contributed by atoms with Gasteiger partial charge in [-0.15, -0.1) is 11.6 Å². The molecule has 0 radical (unpaired) electrons. The number of fused-ring (bicyclic) bond motifs is 5. The fraction of sp³-hybridized carbons (Fsp3) is 0.139. The average molecular weight is 1650 g/mol. The number of hydrogen-bond acceptors (Lipinski definition) is 5. The zero-order chi connectivity index (χ0) is 84.7. The lowest BCUT2D eigenvalue weighted by Gasteiger charge is -2.64. The fourth-order valence-electron chi connectivity index (χ4n) is 26.2. The first-order valence-corrected chi connectivity index (χ1v) is 44.0. The molecule has 0 amide bonds. The van der Waals surface area contributed by atoms with E-state index in [-0.39, 0.29) is 32.1 Å². The van der Waals surface area contributed by atoms with Gasteiger partial charge >= 0.3 is 29.8 Å². The Bertz CT molecular complexity index is 7210. The summed E-state index contributed by atoms with van der Waals surface area (Å²) in [4.78, 5) is 58.1. The van der Waals surface area contributed by atoms with Crippen molar-refractivity contribution in [1.82, 2.24) is 0 Å². The smallest absolute Gasteiger partial charge is 0.303 e. The van der Waals surface area contributed by atoms with Crippen LogP contribution in [0.15, 0.2) is 326 Å². The predicted octanol–water partition coefficient (Wildman–Crippen LogP) is 23.6. The van der Waals surface area contributed by atoms with Crippen molar-refractivity contribution in [3.63, 3.8) is 0 Å². The first-order chi connectivity index (χ1) is 61.4. The second kappa shape index (κ2) is 25.3. The van der Waals surface area contributed by atoms with Crippen LogP contribution >= 0.6 is 11.6 Å². The number of aliphatic carboxylic acids is 5. The van der Waals surface area contributed by atoms with E-state index in [9.17, 15) is 61.1 Å². The molecule has 0 fully saturated rings. The summed E-state index contributed by atoms with van der Waals surface area (Å²) in [5, 5.41) is 48.9. The van der Waals surface area contributed by atoms with E-state index in [0.717, 1.165) is 156 Å². The molecule has 15 aromatic carbocycles. The molecule has 5 N–H and O–H groups in total. The van der Waals surface area contributed by atoms with E-state index in [1.807, 2.05) is 0 Å². The number of carbonyl (C=O) groups is 5. The second-order valence-corrected chi connectivity index (χ2v) is 36.9. The zero-order valence-electron chi connectivity index (χ0n) is 68.1. The van der Waals surface area contributed by atoms with E-state index in [2.05, 4.69) is 303 Å². The SMILES string of the molecule is O=C(O)CCc1ccc(-c2ccc([C@]34C5=C6[C@]7(c8ccc(-c9ccc(CCC(=O)O)cc9)cc8)c8c9ccc(c83)-c3ccc8c(c34)[C@]3(c4ccc(-c%10ccc(CCC(=O)O)cc%10)cc4)C5=C4[C@@]5(c%10ccc(-c%11ccc(CCC(=O)O)cc%11)cc%10)c%10c(ccc-8c%103)-c3ccc8c(c35)[C@@](c3ccc(-c5ccc(CCC(=O)O)cc5)cc3)(c3c-8ccc-9c37)[C@@]64Cl)cc2)cc1. The van der Waals surface area contributed by atoms with Crippen LogP contribution in [0.2, 0.25) is 0 Å². The number of rotatable bonds is 25. The van der Waals surface area contributed by atoms with Gasteiger partial charge in [0, 0.05) is 32.1 Å². The summed E-state index contributed by atoms with van der Waals surface area (Å²) in [6.45, 7) is 0. The van der Waals surface area contributed by atoms with Gasteiger partial charge in [0.1, 0.15) is 4.87 Å². The number of benzene rings is 15. The molecule has 0 spiro atoms. The van der Waals surface area contributed by atoms with Crippen LogP contribution in [0, 0.1) is 0 Å². The van der Waals surface area contributed by atoms with Crippen molar-refractivity contribution >= 4 is 41.4 Å². The van der Waals surface area contributed by atoms with Gasteiger partial charge in [0.2, 0.25) is 0 Å². The molecule has 11 heteroatoms. The maximum absolute atomic E-state index is 11.9. The van der Waals surface area contributed by atoms with Crippen LogP contribution in [0.1, 0.15) is 143 Å². The summed E-state index contributed by atoms with van der Waals surface area (Å²) in [5.41, 5.74) is 43.6. The molecule has 0 aromatic heterocycles. The summed E-state index contributed by atoms with van der Waals surface area (Å²) < 4.78 is 0. The van der Waals surface area contributed by atoms with Crippen molar-refractivity contribution in [1.29, 1.82) is 0 Å². The van der Waals surface area contributed by atoms with Gasteiger partial charge in [-0.25, -0.2) is 0 Å². The number of carboxylic acids is 5. The Kier molecular flexibility index (Phi) is 14.7. The fourth-order valence-corrected chi connectivity index (χ4v) is 27.0. The summed E-state index contributed by atoms with van der Waals surface area (Å²) in [6, 6.07) is 114. The third-order valence-electron chi connectivity index (χ3n) is 30.8. The van der Waals surface area contributed by atoms with Gasteiger partial charge in [-0.05, 0) is 277 Å². The van der Waals surface area contributed by atoms with Crippen LogP contribution in [-0.4, -0.2) is 60.3 Å². The number of allylic oxidation sites excluding steroid dienone is 4. The van der Waals surface area contributed by atoms with E-state index >= 15 is 0 Å². The quantitative estimate of drug-likeness (QED) is 0.0345. The molecule has 26 rings (SSSR count). The van der Waals surface area contributed by atoms with Crippen molar-refractivity contribution < 1.29 is 49.5 Å². The molecule has 0 bridgehead atoms. The molecule has 126 heavy (non-hydrogen) atoms. The monoisotopic (exact) mass is 1650 g/mol. The van der Waals surface area contributed by atoms with Crippen molar-refractivity contribution in [3.8, 4) is 111 Å². The molecule has 0 saturated heterocycles. The lowest BCUT2D eigenvalue weighted by molar-refractivity contribution is -0.138. The molecule has 6 atom stereocenters. The summed E-state index contributed by atoms with van der Waals surface area (Å²) in [7, 11) is 0. The summed E-state index contributed by atoms with van der Waals surface area (Å²) in [6.07, 6.45) is 2.25. The molecule has 0 saturated carbocycles. The van der Waals surface area contributed by atoms with Crippen molar-refractivity contribution in [2.24, 2.45) is 0 Å². The van der Waals surface area contributed by atoms with Crippen LogP contribution in [-0.2, 0) is 83.2 Å². The van der Waals surface area contributed by atoms with Gasteiger partial charge in [-0.1, -0.05) is 303 Å². The first kappa shape index (κ1) is 73.0. The summed E-state index contributed by atoms with van der Waals surface area (Å²) in [5.74, 6) is -4.19. The summed E-state index contributed by atoms with van der Waals surface area (Å²) >= 11 is 11.0. The molecule has 0 aliphatic heterocycles. The predicted molar refractivity (Wildman–Crippen MR) is 488 cm³/mol. The molecule has 15 aromatic rings. The minimum absolute atomic E-state index is 0.0303. The number of alkyl halides is 1. The lowest BCUT2D eigenvalue weighted by atomic mass is 9.40. The van der Waals surface area contributed by atoms with E-state index in [4.69, 9.17) is 0 Å². The lowest BCUT2D eigenvalue weighted by Crippen LogP contribution is -2.65. The highest BCUT2D eigenvalue weighted by Gasteiger charge is 2.87. The Balaban J connectivity index is 0.832. The largest absolute Gasteiger partial charge is 0.481 e. The Labute approximate surface area is 730 Å². The number of hydrogen-bond donors (Lipinski definition) is 5. The highest BCUT2D eigenvalue weighted by Crippen LogP contribution is 2.92. The topological polar surface area (TPSA) is 186 Å². The first-order valence-electron chi connectivity index (χ1n) is 43.6. The van der Waals surface area contributed by atoms with Crippen molar-refractivity contribution in [3.05, 3.63) is 437 Å². The van der Waals surface area contributed by atoms with E-state index in [1.54, 1.807) is 0 Å². The molecule has 0 unspecified atom stereocenters. The Morgan fingerprint density at radius 2 is 0.357 bits per heavy atom. The van der Waals surface area contributed by atoms with Crippen LogP contribution in [0.3, 0.4) is 0 Å². The number of halogens is 1. The average Bonchev–Trinajstić information content (AvgIpc) is 1.39. The molecule has 10 nitrogen and oxygen atoms in total. The van der Waals surface area contributed by atoms with Gasteiger partial charge in [-0.2, -0.15) is 0 Å². The number of carboxylic acid groups (broad SMARTS) is 5. The Morgan fingerprint density at radius 3 is 0.556 bits per heavy atom. The third kappa shape index (κ3) is 8.79. The molecule has 602 valence electrons. The Morgan fingerprint density at radius 1 is 0.198 bits per heavy atom. The minimum Gasteiger partial charge on any atom is -0.481 e. The van der Waals surface area contributed by atoms with E-state index in [0.29, 0.717) is 32.1 Å². The number of aryl methyl sites for hydroxylation is 5. The van der Waals surface area contributed by atoms with Gasteiger partial charge in [0.25, 0.3) is 0 Å². The second-order valence-electron chi connectivity index (χ2n) is 36.3. The highest BCUT2D eigenvalue weighted by atomic mass is 35.5. The maximum Gasteiger partial charge on any atom is 0.303 e. The highest BCUT2D eigenvalue weighted by molar-refractivity contribution is 6.35. The maximum atomic E-state index is 11.9. The van der Waals surface area contributed by atoms with Crippen LogP contribution in [0.5, 0.6) is 0 Å². The van der Waals surface area contributed by atoms with Crippen molar-refractivity contribution in [2.75, 3.05) is 0 Å². The molecule has 0 heterocycles. The van der Waals surface area contributed by atoms with Crippen LogP contribution in [0.4, 0.5) is 0 Å². The zero-order valence-corrected chi connectivity index (χ0v) is 68.8. The molecule has 11 aliphatic rings. The van der Waals surface area contributed by atoms with Crippen molar-refractivity contribution in [2.45, 2.75) is 96.2 Å². The van der Waals surface area contributed by atoms with Gasteiger partial charge in [0.15, 0.2) is 0 Å².